The average Bonchev–Trinajstić information content (AvgIpc) is 2.95. The van der Waals surface area contributed by atoms with Gasteiger partial charge in [-0.25, -0.2) is 4.98 Å². The maximum Gasteiger partial charge on any atom is 0.271 e. The second kappa shape index (κ2) is 6.40. The molecule has 0 aliphatic carbocycles. The Labute approximate surface area is 115 Å². The molecule has 1 unspecified atom stereocenters. The third kappa shape index (κ3) is 3.59. The van der Waals surface area contributed by atoms with E-state index in [9.17, 15) is 4.79 Å². The minimum atomic E-state index is -0.198. The first-order valence-corrected chi connectivity index (χ1v) is 6.97. The molecule has 0 spiro atoms. The summed E-state index contributed by atoms with van der Waals surface area (Å²) in [5, 5.41) is 5.32. The summed E-state index contributed by atoms with van der Waals surface area (Å²) in [5.74, 6) is -0.198. The maximum atomic E-state index is 11.9. The SMILES string of the molecule is CCC(N)c1nc(C(=O)NCc2ccccn2)cs1. The first-order chi connectivity index (χ1) is 9.20. The summed E-state index contributed by atoms with van der Waals surface area (Å²) in [6.07, 6.45) is 2.51. The third-order valence-corrected chi connectivity index (χ3v) is 3.64. The van der Waals surface area contributed by atoms with E-state index in [-0.39, 0.29) is 11.9 Å². The molecule has 3 N–H and O–H groups in total. The monoisotopic (exact) mass is 276 g/mol. The number of rotatable bonds is 5. The lowest BCUT2D eigenvalue weighted by Crippen LogP contribution is -2.23. The van der Waals surface area contributed by atoms with Crippen LogP contribution in [0.3, 0.4) is 0 Å². The van der Waals surface area contributed by atoms with Gasteiger partial charge in [0.2, 0.25) is 0 Å². The van der Waals surface area contributed by atoms with E-state index in [2.05, 4.69) is 15.3 Å². The number of nitrogens with zero attached hydrogens (tertiary/aromatic N) is 2. The zero-order valence-corrected chi connectivity index (χ0v) is 11.5. The first-order valence-electron chi connectivity index (χ1n) is 6.09. The molecule has 0 aliphatic heterocycles. The summed E-state index contributed by atoms with van der Waals surface area (Å²) in [4.78, 5) is 20.3. The number of carbonyl (C=O) groups is 1. The molecule has 2 aromatic heterocycles. The standard InChI is InChI=1S/C13H16N4OS/c1-2-10(14)13-17-11(8-19-13)12(18)16-7-9-5-3-4-6-15-9/h3-6,8,10H,2,7,14H2,1H3,(H,16,18). The average molecular weight is 276 g/mol. The highest BCUT2D eigenvalue weighted by Crippen LogP contribution is 2.18. The highest BCUT2D eigenvalue weighted by atomic mass is 32.1. The van der Waals surface area contributed by atoms with Crippen LogP contribution >= 0.6 is 11.3 Å². The topological polar surface area (TPSA) is 80.9 Å². The third-order valence-electron chi connectivity index (χ3n) is 2.67. The predicted molar refractivity (Wildman–Crippen MR) is 74.7 cm³/mol. The Hall–Kier alpha value is -1.79. The molecule has 2 heterocycles. The van der Waals surface area contributed by atoms with Gasteiger partial charge in [0.25, 0.3) is 5.91 Å². The number of hydrogen-bond acceptors (Lipinski definition) is 5. The van der Waals surface area contributed by atoms with Crippen molar-refractivity contribution in [2.75, 3.05) is 0 Å². The molecule has 0 bridgehead atoms. The molecule has 2 aromatic rings. The molecule has 6 heteroatoms. The molecule has 1 atom stereocenters. The van der Waals surface area contributed by atoms with E-state index in [0.717, 1.165) is 17.1 Å². The molecule has 0 fully saturated rings. The molecule has 0 aromatic carbocycles. The Morgan fingerprint density at radius 1 is 1.53 bits per heavy atom. The van der Waals surface area contributed by atoms with Crippen LogP contribution in [0.25, 0.3) is 0 Å². The van der Waals surface area contributed by atoms with Gasteiger partial charge in [0, 0.05) is 11.6 Å². The number of carbonyl (C=O) groups excluding carboxylic acids is 1. The highest BCUT2D eigenvalue weighted by Gasteiger charge is 2.13. The zero-order chi connectivity index (χ0) is 13.7. The van der Waals surface area contributed by atoms with Gasteiger partial charge in [-0.3, -0.25) is 9.78 Å². The van der Waals surface area contributed by atoms with E-state index in [1.54, 1.807) is 11.6 Å². The lowest BCUT2D eigenvalue weighted by molar-refractivity contribution is 0.0946. The maximum absolute atomic E-state index is 11.9. The van der Waals surface area contributed by atoms with Crippen molar-refractivity contribution in [1.82, 2.24) is 15.3 Å². The van der Waals surface area contributed by atoms with Crippen molar-refractivity contribution in [1.29, 1.82) is 0 Å². The second-order valence-corrected chi connectivity index (χ2v) is 4.98. The molecule has 19 heavy (non-hydrogen) atoms. The van der Waals surface area contributed by atoms with E-state index >= 15 is 0 Å². The van der Waals surface area contributed by atoms with Crippen molar-refractivity contribution >= 4 is 17.2 Å². The van der Waals surface area contributed by atoms with Crippen LogP contribution in [0.1, 0.15) is 40.6 Å². The minimum Gasteiger partial charge on any atom is -0.345 e. The van der Waals surface area contributed by atoms with Gasteiger partial charge in [-0.2, -0.15) is 0 Å². The number of aromatic nitrogens is 2. The summed E-state index contributed by atoms with van der Waals surface area (Å²) < 4.78 is 0. The Morgan fingerprint density at radius 3 is 3.05 bits per heavy atom. The van der Waals surface area contributed by atoms with Crippen molar-refractivity contribution in [3.05, 3.63) is 46.2 Å². The molecule has 100 valence electrons. The Balaban J connectivity index is 1.95. The van der Waals surface area contributed by atoms with E-state index in [1.165, 1.54) is 11.3 Å². The molecular weight excluding hydrogens is 260 g/mol. The molecule has 0 saturated carbocycles. The summed E-state index contributed by atoms with van der Waals surface area (Å²) in [5.41, 5.74) is 7.11. The lowest BCUT2D eigenvalue weighted by Gasteiger charge is -2.03. The van der Waals surface area contributed by atoms with Crippen molar-refractivity contribution < 1.29 is 4.79 Å². The van der Waals surface area contributed by atoms with Crippen LogP contribution in [0.15, 0.2) is 29.8 Å². The molecule has 0 radical (unpaired) electrons. The van der Waals surface area contributed by atoms with Gasteiger partial charge in [-0.05, 0) is 18.6 Å². The second-order valence-electron chi connectivity index (χ2n) is 4.09. The van der Waals surface area contributed by atoms with Crippen LogP contribution in [0, 0.1) is 0 Å². The number of pyridine rings is 1. The Kier molecular flexibility index (Phi) is 4.59. The zero-order valence-electron chi connectivity index (χ0n) is 10.7. The summed E-state index contributed by atoms with van der Waals surface area (Å²) in [6.45, 7) is 2.39. The van der Waals surface area contributed by atoms with Crippen molar-refractivity contribution in [2.24, 2.45) is 5.73 Å². The van der Waals surface area contributed by atoms with E-state index < -0.39 is 0 Å². The predicted octanol–water partition coefficient (Wildman–Crippen LogP) is 1.88. The van der Waals surface area contributed by atoms with Gasteiger partial charge >= 0.3 is 0 Å². The van der Waals surface area contributed by atoms with Gasteiger partial charge in [0.15, 0.2) is 0 Å². The number of thiazole rings is 1. The van der Waals surface area contributed by atoms with Gasteiger partial charge in [-0.15, -0.1) is 11.3 Å². The molecule has 0 aliphatic rings. The van der Waals surface area contributed by atoms with Crippen molar-refractivity contribution in [2.45, 2.75) is 25.9 Å². The fourth-order valence-electron chi connectivity index (χ4n) is 1.50. The fourth-order valence-corrected chi connectivity index (χ4v) is 2.39. The Bertz CT molecular complexity index is 541. The van der Waals surface area contributed by atoms with Gasteiger partial charge in [0.1, 0.15) is 10.7 Å². The van der Waals surface area contributed by atoms with Gasteiger partial charge < -0.3 is 11.1 Å². The summed E-state index contributed by atoms with van der Waals surface area (Å²) in [7, 11) is 0. The van der Waals surface area contributed by atoms with Crippen LogP contribution in [-0.4, -0.2) is 15.9 Å². The van der Waals surface area contributed by atoms with E-state index in [1.807, 2.05) is 25.1 Å². The number of nitrogens with two attached hydrogens (primary N) is 1. The summed E-state index contributed by atoms with van der Waals surface area (Å²) in [6, 6.07) is 5.49. The molecule has 0 saturated heterocycles. The van der Waals surface area contributed by atoms with Crippen LogP contribution in [0.4, 0.5) is 0 Å². The number of amides is 1. The van der Waals surface area contributed by atoms with Gasteiger partial charge in [0.05, 0.1) is 18.3 Å². The quantitative estimate of drug-likeness (QED) is 0.873. The van der Waals surface area contributed by atoms with Crippen molar-refractivity contribution in [3.8, 4) is 0 Å². The van der Waals surface area contributed by atoms with Crippen molar-refractivity contribution in [3.63, 3.8) is 0 Å². The smallest absolute Gasteiger partial charge is 0.271 e. The lowest BCUT2D eigenvalue weighted by atomic mass is 10.2. The first kappa shape index (κ1) is 13.6. The van der Waals surface area contributed by atoms with Crippen LogP contribution in [0.2, 0.25) is 0 Å². The van der Waals surface area contributed by atoms with Crippen LogP contribution in [0.5, 0.6) is 0 Å². The van der Waals surface area contributed by atoms with Crippen LogP contribution < -0.4 is 11.1 Å². The largest absolute Gasteiger partial charge is 0.345 e. The minimum absolute atomic E-state index is 0.0951. The molecular formula is C13H16N4OS. The number of hydrogen-bond donors (Lipinski definition) is 2. The van der Waals surface area contributed by atoms with E-state index in [4.69, 9.17) is 5.73 Å². The van der Waals surface area contributed by atoms with Gasteiger partial charge in [-0.1, -0.05) is 13.0 Å². The summed E-state index contributed by atoms with van der Waals surface area (Å²) >= 11 is 1.42. The molecule has 1 amide bonds. The Morgan fingerprint density at radius 2 is 2.37 bits per heavy atom. The van der Waals surface area contributed by atoms with Crippen LogP contribution in [-0.2, 0) is 6.54 Å². The number of nitrogens with one attached hydrogen (secondary N) is 1. The normalized spacial score (nSPS) is 12.1. The fraction of sp³-hybridized carbons (Fsp3) is 0.308. The molecule has 2 rings (SSSR count). The molecule has 5 nitrogen and oxygen atoms in total. The van der Waals surface area contributed by atoms with E-state index in [0.29, 0.717) is 12.2 Å². The highest BCUT2D eigenvalue weighted by molar-refractivity contribution is 7.09.